The number of hydrogen-bond acceptors (Lipinski definition) is 5. The molecule has 2 aromatic rings. The minimum absolute atomic E-state index is 0.0660. The van der Waals surface area contributed by atoms with Crippen molar-refractivity contribution in [3.8, 4) is 0 Å². The summed E-state index contributed by atoms with van der Waals surface area (Å²) in [6, 6.07) is 1.25. The maximum atomic E-state index is 12.1. The van der Waals surface area contributed by atoms with Gasteiger partial charge in [-0.2, -0.15) is 0 Å². The quantitative estimate of drug-likeness (QED) is 0.877. The van der Waals surface area contributed by atoms with Crippen LogP contribution in [0.5, 0.6) is 0 Å². The van der Waals surface area contributed by atoms with Gasteiger partial charge in [-0.25, -0.2) is 4.98 Å². The molecule has 7 heteroatoms. The Labute approximate surface area is 120 Å². The molecule has 2 heterocycles. The Morgan fingerprint density at radius 1 is 1.55 bits per heavy atom. The lowest BCUT2D eigenvalue weighted by molar-refractivity contribution is -0.132. The predicted molar refractivity (Wildman–Crippen MR) is 79.5 cm³/mol. The lowest BCUT2D eigenvalue weighted by atomic mass is 10.0. The number of carbonyl (C=O) groups excluding carboxylic acids is 1. The molecule has 1 amide bonds. The van der Waals surface area contributed by atoms with Gasteiger partial charge in [-0.3, -0.25) is 9.59 Å². The molecule has 0 fully saturated rings. The zero-order valence-corrected chi connectivity index (χ0v) is 12.5. The number of rotatable bonds is 4. The third kappa shape index (κ3) is 2.88. The summed E-state index contributed by atoms with van der Waals surface area (Å²) < 4.78 is 0.599. The van der Waals surface area contributed by atoms with Crippen molar-refractivity contribution < 1.29 is 4.79 Å². The number of amides is 1. The molecule has 108 valence electrons. The predicted octanol–water partition coefficient (Wildman–Crippen LogP) is 0.926. The molecule has 1 atom stereocenters. The lowest BCUT2D eigenvalue weighted by Crippen LogP contribution is -2.44. The first-order chi connectivity index (χ1) is 9.40. The van der Waals surface area contributed by atoms with Crippen molar-refractivity contribution in [1.29, 1.82) is 0 Å². The molecule has 0 aliphatic heterocycles. The fourth-order valence-corrected chi connectivity index (χ4v) is 2.56. The smallest absolute Gasteiger partial charge is 0.268 e. The number of aromatic amines is 1. The van der Waals surface area contributed by atoms with E-state index in [-0.39, 0.29) is 23.9 Å². The fraction of sp³-hybridized carbons (Fsp3) is 0.462. The molecule has 1 unspecified atom stereocenters. The molecule has 3 N–H and O–H groups in total. The van der Waals surface area contributed by atoms with Crippen molar-refractivity contribution >= 4 is 27.5 Å². The van der Waals surface area contributed by atoms with E-state index in [1.54, 1.807) is 13.1 Å². The molecular formula is C13H18N4O2S. The van der Waals surface area contributed by atoms with Crippen LogP contribution < -0.4 is 11.3 Å². The molecular weight excluding hydrogens is 276 g/mol. The topological polar surface area (TPSA) is 92.1 Å². The van der Waals surface area contributed by atoms with Gasteiger partial charge in [0.2, 0.25) is 5.91 Å². The molecule has 2 rings (SSSR count). The average molecular weight is 294 g/mol. The van der Waals surface area contributed by atoms with Crippen LogP contribution in [0.4, 0.5) is 0 Å². The van der Waals surface area contributed by atoms with Crippen LogP contribution in [0.25, 0.3) is 10.2 Å². The summed E-state index contributed by atoms with van der Waals surface area (Å²) >= 11 is 1.35. The Hall–Kier alpha value is -1.73. The monoisotopic (exact) mass is 294 g/mol. The van der Waals surface area contributed by atoms with E-state index < -0.39 is 6.04 Å². The third-order valence-corrected chi connectivity index (χ3v) is 4.03. The van der Waals surface area contributed by atoms with Crippen molar-refractivity contribution in [2.75, 3.05) is 7.05 Å². The van der Waals surface area contributed by atoms with Gasteiger partial charge in [-0.15, -0.1) is 11.3 Å². The zero-order valence-electron chi connectivity index (χ0n) is 11.7. The van der Waals surface area contributed by atoms with Gasteiger partial charge in [0.15, 0.2) is 0 Å². The summed E-state index contributed by atoms with van der Waals surface area (Å²) in [5.41, 5.74) is 6.32. The van der Waals surface area contributed by atoms with Gasteiger partial charge in [0, 0.05) is 7.05 Å². The van der Waals surface area contributed by atoms with Crippen LogP contribution in [-0.4, -0.2) is 33.9 Å². The maximum Gasteiger partial charge on any atom is 0.268 e. The van der Waals surface area contributed by atoms with E-state index in [4.69, 9.17) is 5.73 Å². The third-order valence-electron chi connectivity index (χ3n) is 3.13. The first-order valence-electron chi connectivity index (χ1n) is 6.37. The molecule has 0 aliphatic carbocycles. The summed E-state index contributed by atoms with van der Waals surface area (Å²) in [4.78, 5) is 32.4. The Morgan fingerprint density at radius 2 is 2.25 bits per heavy atom. The second kappa shape index (κ2) is 5.72. The van der Waals surface area contributed by atoms with Gasteiger partial charge < -0.3 is 15.6 Å². The molecule has 2 aromatic heterocycles. The molecule has 0 bridgehead atoms. The number of nitrogens with one attached hydrogen (secondary N) is 1. The van der Waals surface area contributed by atoms with Gasteiger partial charge >= 0.3 is 0 Å². The first kappa shape index (κ1) is 14.7. The van der Waals surface area contributed by atoms with Gasteiger partial charge in [0.1, 0.15) is 10.5 Å². The lowest BCUT2D eigenvalue weighted by Gasteiger charge is -2.22. The Kier molecular flexibility index (Phi) is 4.20. The largest absolute Gasteiger partial charge is 0.337 e. The molecule has 0 aliphatic rings. The molecule has 0 spiro atoms. The molecule has 0 saturated carbocycles. The normalized spacial score (nSPS) is 12.8. The highest BCUT2D eigenvalue weighted by Crippen LogP contribution is 2.14. The average Bonchev–Trinajstić information content (AvgIpc) is 2.85. The van der Waals surface area contributed by atoms with Gasteiger partial charge in [-0.05, 0) is 17.4 Å². The van der Waals surface area contributed by atoms with E-state index in [1.807, 2.05) is 19.2 Å². The van der Waals surface area contributed by atoms with Crippen LogP contribution in [0.3, 0.4) is 0 Å². The van der Waals surface area contributed by atoms with E-state index in [2.05, 4.69) is 9.97 Å². The van der Waals surface area contributed by atoms with E-state index in [0.717, 1.165) is 0 Å². The molecule has 0 aromatic carbocycles. The van der Waals surface area contributed by atoms with E-state index in [0.29, 0.717) is 16.0 Å². The summed E-state index contributed by atoms with van der Waals surface area (Å²) in [6.45, 7) is 4.03. The van der Waals surface area contributed by atoms with Crippen molar-refractivity contribution in [2.45, 2.75) is 26.4 Å². The number of likely N-dealkylation sites (N-methyl/N-ethyl adjacent to an activating group) is 1. The fourth-order valence-electron chi connectivity index (χ4n) is 1.84. The Balaban J connectivity index is 2.19. The van der Waals surface area contributed by atoms with Crippen molar-refractivity contribution in [2.24, 2.45) is 11.7 Å². The Bertz CT molecular complexity index is 676. The highest BCUT2D eigenvalue weighted by Gasteiger charge is 2.21. The second-order valence-electron chi connectivity index (χ2n) is 5.11. The summed E-state index contributed by atoms with van der Waals surface area (Å²) in [5, 5.41) is 1.82. The number of nitrogens with two attached hydrogens (primary N) is 1. The number of aromatic nitrogens is 2. The van der Waals surface area contributed by atoms with Gasteiger partial charge in [0.25, 0.3) is 5.56 Å². The van der Waals surface area contributed by atoms with Crippen molar-refractivity contribution in [3.63, 3.8) is 0 Å². The number of fused-ring (bicyclic) bond motifs is 1. The maximum absolute atomic E-state index is 12.1. The van der Waals surface area contributed by atoms with E-state index in [1.165, 1.54) is 16.2 Å². The molecule has 6 nitrogen and oxygen atoms in total. The minimum Gasteiger partial charge on any atom is -0.337 e. The molecule has 0 radical (unpaired) electrons. The van der Waals surface area contributed by atoms with Gasteiger partial charge in [-0.1, -0.05) is 13.8 Å². The summed E-state index contributed by atoms with van der Waals surface area (Å²) in [7, 11) is 1.66. The number of thiophene rings is 1. The highest BCUT2D eigenvalue weighted by atomic mass is 32.1. The SMILES string of the molecule is CC(C)C(N)C(=O)N(C)Cc1nc2ccsc2c(=O)[nH]1. The van der Waals surface area contributed by atoms with Crippen LogP contribution in [-0.2, 0) is 11.3 Å². The van der Waals surface area contributed by atoms with Crippen LogP contribution in [0.2, 0.25) is 0 Å². The summed E-state index contributed by atoms with van der Waals surface area (Å²) in [6.07, 6.45) is 0. The standard InChI is InChI=1S/C13H18N4O2S/c1-7(2)10(14)13(19)17(3)6-9-15-8-4-5-20-11(8)12(18)16-9/h4-5,7,10H,6,14H2,1-3H3,(H,15,16,18). The number of nitrogens with zero attached hydrogens (tertiary/aromatic N) is 2. The minimum atomic E-state index is -0.545. The van der Waals surface area contributed by atoms with Crippen LogP contribution in [0.1, 0.15) is 19.7 Å². The van der Waals surface area contributed by atoms with Crippen LogP contribution in [0, 0.1) is 5.92 Å². The molecule has 0 saturated heterocycles. The van der Waals surface area contributed by atoms with Crippen LogP contribution >= 0.6 is 11.3 Å². The Morgan fingerprint density at radius 3 is 2.90 bits per heavy atom. The molecule has 20 heavy (non-hydrogen) atoms. The highest BCUT2D eigenvalue weighted by molar-refractivity contribution is 7.17. The van der Waals surface area contributed by atoms with E-state index in [9.17, 15) is 9.59 Å². The summed E-state index contributed by atoms with van der Waals surface area (Å²) in [5.74, 6) is 0.372. The number of carbonyl (C=O) groups is 1. The van der Waals surface area contributed by atoms with Crippen LogP contribution in [0.15, 0.2) is 16.2 Å². The van der Waals surface area contributed by atoms with Gasteiger partial charge in [0.05, 0.1) is 18.1 Å². The second-order valence-corrected chi connectivity index (χ2v) is 6.03. The zero-order chi connectivity index (χ0) is 14.9. The van der Waals surface area contributed by atoms with E-state index >= 15 is 0 Å². The van der Waals surface area contributed by atoms with Crippen molar-refractivity contribution in [3.05, 3.63) is 27.6 Å². The first-order valence-corrected chi connectivity index (χ1v) is 7.25. The van der Waals surface area contributed by atoms with Crippen molar-refractivity contribution in [1.82, 2.24) is 14.9 Å². The number of hydrogen-bond donors (Lipinski definition) is 2. The number of H-pyrrole nitrogens is 1.